The molecule has 0 aliphatic heterocycles. The van der Waals surface area contributed by atoms with E-state index in [1.54, 1.807) is 13.8 Å². The Hall–Kier alpha value is -1.20. The highest BCUT2D eigenvalue weighted by Crippen LogP contribution is 2.22. The first-order valence-corrected chi connectivity index (χ1v) is 5.84. The zero-order valence-electron chi connectivity index (χ0n) is 10.7. The highest BCUT2D eigenvalue weighted by atomic mass is 19.2. The van der Waals surface area contributed by atoms with Crippen LogP contribution in [0.4, 0.5) is 8.78 Å². The molecule has 18 heavy (non-hydrogen) atoms. The topological polar surface area (TPSA) is 55.5 Å². The molecule has 5 heteroatoms. The van der Waals surface area contributed by atoms with Gasteiger partial charge in [0.2, 0.25) is 0 Å². The molecule has 102 valence electrons. The van der Waals surface area contributed by atoms with Crippen molar-refractivity contribution in [3.63, 3.8) is 0 Å². The van der Waals surface area contributed by atoms with E-state index in [0.717, 1.165) is 12.1 Å². The third-order valence-electron chi connectivity index (χ3n) is 2.73. The van der Waals surface area contributed by atoms with Crippen LogP contribution < -0.4 is 10.5 Å². The molecule has 1 unspecified atom stereocenters. The van der Waals surface area contributed by atoms with Gasteiger partial charge in [-0.3, -0.25) is 0 Å². The first-order valence-electron chi connectivity index (χ1n) is 5.84. The van der Waals surface area contributed by atoms with Gasteiger partial charge in [0.25, 0.3) is 0 Å². The number of ether oxygens (including phenoxy) is 1. The van der Waals surface area contributed by atoms with E-state index in [9.17, 15) is 8.78 Å². The van der Waals surface area contributed by atoms with E-state index in [1.807, 2.05) is 0 Å². The fraction of sp³-hybridized carbons (Fsp3) is 0.538. The SMILES string of the molecule is Cc1cc(F)c(F)cc1OCCCC(C)(N)CO. The fourth-order valence-electron chi connectivity index (χ4n) is 1.52. The predicted octanol–water partition coefficient (Wildman–Crippen LogP) is 2.14. The van der Waals surface area contributed by atoms with Crippen LogP contribution in [-0.4, -0.2) is 23.9 Å². The summed E-state index contributed by atoms with van der Waals surface area (Å²) in [7, 11) is 0. The summed E-state index contributed by atoms with van der Waals surface area (Å²) in [6.45, 7) is 3.64. The molecule has 1 atom stereocenters. The largest absolute Gasteiger partial charge is 0.493 e. The van der Waals surface area contributed by atoms with Crippen molar-refractivity contribution in [2.45, 2.75) is 32.2 Å². The van der Waals surface area contributed by atoms with Crippen LogP contribution in [0.1, 0.15) is 25.3 Å². The number of aliphatic hydroxyl groups is 1. The van der Waals surface area contributed by atoms with E-state index in [-0.39, 0.29) is 6.61 Å². The minimum atomic E-state index is -0.922. The van der Waals surface area contributed by atoms with E-state index in [2.05, 4.69) is 0 Å². The summed E-state index contributed by atoms with van der Waals surface area (Å²) < 4.78 is 31.2. The number of benzene rings is 1. The maximum absolute atomic E-state index is 13.0. The third kappa shape index (κ3) is 4.23. The molecule has 0 aromatic heterocycles. The minimum Gasteiger partial charge on any atom is -0.493 e. The van der Waals surface area contributed by atoms with E-state index in [4.69, 9.17) is 15.6 Å². The highest BCUT2D eigenvalue weighted by Gasteiger charge is 2.16. The van der Waals surface area contributed by atoms with Gasteiger partial charge >= 0.3 is 0 Å². The fourth-order valence-corrected chi connectivity index (χ4v) is 1.52. The smallest absolute Gasteiger partial charge is 0.162 e. The molecule has 1 aromatic rings. The maximum Gasteiger partial charge on any atom is 0.162 e. The summed E-state index contributed by atoms with van der Waals surface area (Å²) in [6.07, 6.45) is 1.22. The van der Waals surface area contributed by atoms with E-state index in [0.29, 0.717) is 30.8 Å². The summed E-state index contributed by atoms with van der Waals surface area (Å²) in [6, 6.07) is 2.14. The van der Waals surface area contributed by atoms with Crippen LogP contribution >= 0.6 is 0 Å². The lowest BCUT2D eigenvalue weighted by atomic mass is 9.99. The van der Waals surface area contributed by atoms with Gasteiger partial charge in [-0.25, -0.2) is 8.78 Å². The quantitative estimate of drug-likeness (QED) is 0.770. The molecule has 0 fully saturated rings. The Morgan fingerprint density at radius 3 is 2.56 bits per heavy atom. The van der Waals surface area contributed by atoms with Gasteiger partial charge in [-0.15, -0.1) is 0 Å². The van der Waals surface area contributed by atoms with Crippen LogP contribution in [0.2, 0.25) is 0 Å². The molecule has 0 radical (unpaired) electrons. The Kier molecular flexibility index (Phi) is 5.04. The van der Waals surface area contributed by atoms with Crippen molar-refractivity contribution in [1.29, 1.82) is 0 Å². The van der Waals surface area contributed by atoms with Crippen LogP contribution in [0.5, 0.6) is 5.75 Å². The van der Waals surface area contributed by atoms with Gasteiger partial charge < -0.3 is 15.6 Å². The molecule has 0 aliphatic carbocycles. The zero-order chi connectivity index (χ0) is 13.8. The monoisotopic (exact) mass is 259 g/mol. The van der Waals surface area contributed by atoms with Gasteiger partial charge in [0.15, 0.2) is 11.6 Å². The van der Waals surface area contributed by atoms with Crippen LogP contribution in [0.3, 0.4) is 0 Å². The Morgan fingerprint density at radius 1 is 1.33 bits per heavy atom. The molecule has 0 spiro atoms. The molecule has 1 rings (SSSR count). The molecule has 0 heterocycles. The molecule has 0 amide bonds. The van der Waals surface area contributed by atoms with Gasteiger partial charge in [-0.1, -0.05) is 0 Å². The van der Waals surface area contributed by atoms with E-state index >= 15 is 0 Å². The number of aryl methyl sites for hydroxylation is 1. The molecule has 0 saturated heterocycles. The van der Waals surface area contributed by atoms with Crippen molar-refractivity contribution in [2.75, 3.05) is 13.2 Å². The summed E-state index contributed by atoms with van der Waals surface area (Å²) >= 11 is 0. The van der Waals surface area contributed by atoms with Crippen molar-refractivity contribution in [3.8, 4) is 5.75 Å². The first kappa shape index (κ1) is 14.9. The van der Waals surface area contributed by atoms with Gasteiger partial charge in [-0.05, 0) is 38.3 Å². The summed E-state index contributed by atoms with van der Waals surface area (Å²) in [5, 5.41) is 8.96. The Bertz CT molecular complexity index is 408. The predicted molar refractivity (Wildman–Crippen MR) is 65.5 cm³/mol. The second-order valence-corrected chi connectivity index (χ2v) is 4.80. The highest BCUT2D eigenvalue weighted by molar-refractivity contribution is 5.33. The van der Waals surface area contributed by atoms with Crippen LogP contribution in [0, 0.1) is 18.6 Å². The number of halogens is 2. The standard InChI is InChI=1S/C13H19F2NO2/c1-9-6-10(14)11(15)7-12(9)18-5-3-4-13(2,16)8-17/h6-7,17H,3-5,8,16H2,1-2H3. The number of hydrogen-bond donors (Lipinski definition) is 2. The third-order valence-corrected chi connectivity index (χ3v) is 2.73. The number of hydrogen-bond acceptors (Lipinski definition) is 3. The Morgan fingerprint density at radius 2 is 1.94 bits per heavy atom. The zero-order valence-corrected chi connectivity index (χ0v) is 10.7. The summed E-state index contributed by atoms with van der Waals surface area (Å²) in [5.74, 6) is -1.47. The van der Waals surface area contributed by atoms with Crippen molar-refractivity contribution < 1.29 is 18.6 Å². The Balaban J connectivity index is 2.47. The van der Waals surface area contributed by atoms with E-state index < -0.39 is 17.2 Å². The molecular formula is C13H19F2NO2. The van der Waals surface area contributed by atoms with Crippen LogP contribution in [-0.2, 0) is 0 Å². The van der Waals surface area contributed by atoms with Crippen molar-refractivity contribution in [3.05, 3.63) is 29.3 Å². The van der Waals surface area contributed by atoms with E-state index in [1.165, 1.54) is 0 Å². The second-order valence-electron chi connectivity index (χ2n) is 4.80. The minimum absolute atomic E-state index is 0.1000. The average Bonchev–Trinajstić information content (AvgIpc) is 2.31. The van der Waals surface area contributed by atoms with Crippen LogP contribution in [0.15, 0.2) is 12.1 Å². The molecule has 0 bridgehead atoms. The number of nitrogens with two attached hydrogens (primary N) is 1. The second kappa shape index (κ2) is 6.11. The molecule has 3 N–H and O–H groups in total. The molecule has 3 nitrogen and oxygen atoms in total. The molecule has 1 aromatic carbocycles. The molecule has 0 aliphatic rings. The molecular weight excluding hydrogens is 240 g/mol. The van der Waals surface area contributed by atoms with Crippen molar-refractivity contribution in [1.82, 2.24) is 0 Å². The van der Waals surface area contributed by atoms with Gasteiger partial charge in [0, 0.05) is 11.6 Å². The lowest BCUT2D eigenvalue weighted by Crippen LogP contribution is -2.40. The first-order chi connectivity index (χ1) is 8.35. The lowest BCUT2D eigenvalue weighted by Gasteiger charge is -2.21. The van der Waals surface area contributed by atoms with Gasteiger partial charge in [-0.2, -0.15) is 0 Å². The number of aliphatic hydroxyl groups excluding tert-OH is 1. The lowest BCUT2D eigenvalue weighted by molar-refractivity contribution is 0.188. The van der Waals surface area contributed by atoms with Gasteiger partial charge in [0.05, 0.1) is 13.2 Å². The van der Waals surface area contributed by atoms with Crippen molar-refractivity contribution >= 4 is 0 Å². The average molecular weight is 259 g/mol. The Labute approximate surface area is 106 Å². The number of rotatable bonds is 6. The molecule has 0 saturated carbocycles. The van der Waals surface area contributed by atoms with Crippen molar-refractivity contribution in [2.24, 2.45) is 5.73 Å². The van der Waals surface area contributed by atoms with Crippen LogP contribution in [0.25, 0.3) is 0 Å². The summed E-state index contributed by atoms with van der Waals surface area (Å²) in [4.78, 5) is 0. The summed E-state index contributed by atoms with van der Waals surface area (Å²) in [5.41, 5.74) is 5.67. The maximum atomic E-state index is 13.0. The normalized spacial score (nSPS) is 14.3. The van der Waals surface area contributed by atoms with Gasteiger partial charge in [0.1, 0.15) is 5.75 Å².